The molecule has 102 valence electrons. The summed E-state index contributed by atoms with van der Waals surface area (Å²) in [7, 11) is 0. The van der Waals surface area contributed by atoms with Crippen molar-refractivity contribution in [1.29, 1.82) is 0 Å². The summed E-state index contributed by atoms with van der Waals surface area (Å²) in [6.45, 7) is 6.47. The van der Waals surface area contributed by atoms with Crippen molar-refractivity contribution in [3.8, 4) is 10.6 Å². The molecule has 0 aliphatic heterocycles. The molecule has 2 nitrogen and oxygen atoms in total. The standard InChI is InChI=1S/C15H20N2S2/c1-3-6-16-7-13-14(11-4-5-11)17-15(19-13)12-9-18-8-10(12)2/h8-9,11,16H,3-7H2,1-2H3. The molecule has 0 spiro atoms. The van der Waals surface area contributed by atoms with E-state index in [0.29, 0.717) is 0 Å². The molecule has 1 saturated carbocycles. The van der Waals surface area contributed by atoms with Gasteiger partial charge in [0.25, 0.3) is 0 Å². The predicted molar refractivity (Wildman–Crippen MR) is 84.1 cm³/mol. The zero-order valence-electron chi connectivity index (χ0n) is 11.5. The van der Waals surface area contributed by atoms with Crippen molar-refractivity contribution < 1.29 is 0 Å². The Morgan fingerprint density at radius 2 is 2.21 bits per heavy atom. The van der Waals surface area contributed by atoms with Crippen LogP contribution in [0.15, 0.2) is 10.8 Å². The second kappa shape index (κ2) is 5.73. The normalized spacial score (nSPS) is 15.1. The van der Waals surface area contributed by atoms with E-state index in [2.05, 4.69) is 29.9 Å². The highest BCUT2D eigenvalue weighted by Gasteiger charge is 2.29. The number of hydrogen-bond donors (Lipinski definition) is 1. The number of rotatable bonds is 6. The summed E-state index contributed by atoms with van der Waals surface area (Å²) in [6.07, 6.45) is 3.84. The molecule has 0 aromatic carbocycles. The molecule has 2 heterocycles. The minimum Gasteiger partial charge on any atom is -0.312 e. The fraction of sp³-hybridized carbons (Fsp3) is 0.533. The van der Waals surface area contributed by atoms with Crippen molar-refractivity contribution >= 4 is 22.7 Å². The largest absolute Gasteiger partial charge is 0.312 e. The van der Waals surface area contributed by atoms with Gasteiger partial charge >= 0.3 is 0 Å². The molecule has 3 rings (SSSR count). The molecule has 0 unspecified atom stereocenters. The van der Waals surface area contributed by atoms with E-state index in [1.165, 1.54) is 46.0 Å². The molecular formula is C15H20N2S2. The Morgan fingerprint density at radius 1 is 1.37 bits per heavy atom. The number of hydrogen-bond acceptors (Lipinski definition) is 4. The fourth-order valence-electron chi connectivity index (χ4n) is 2.24. The Bertz CT molecular complexity index is 552. The van der Waals surface area contributed by atoms with Gasteiger partial charge in [0.2, 0.25) is 0 Å². The predicted octanol–water partition coefficient (Wildman–Crippen LogP) is 4.56. The first-order chi connectivity index (χ1) is 9.29. The third-order valence-electron chi connectivity index (χ3n) is 3.49. The van der Waals surface area contributed by atoms with Gasteiger partial charge in [0.05, 0.1) is 5.69 Å². The maximum Gasteiger partial charge on any atom is 0.125 e. The number of thiazole rings is 1. The Morgan fingerprint density at radius 3 is 2.84 bits per heavy atom. The van der Waals surface area contributed by atoms with Crippen molar-refractivity contribution in [3.63, 3.8) is 0 Å². The average molecular weight is 292 g/mol. The van der Waals surface area contributed by atoms with E-state index in [9.17, 15) is 0 Å². The van der Waals surface area contributed by atoms with Gasteiger partial charge in [0.15, 0.2) is 0 Å². The van der Waals surface area contributed by atoms with Crippen LogP contribution in [0.1, 0.15) is 48.2 Å². The van der Waals surface area contributed by atoms with Crippen LogP contribution in [-0.2, 0) is 6.54 Å². The summed E-state index contributed by atoms with van der Waals surface area (Å²) < 4.78 is 0. The van der Waals surface area contributed by atoms with E-state index in [-0.39, 0.29) is 0 Å². The highest BCUT2D eigenvalue weighted by atomic mass is 32.1. The molecule has 0 bridgehead atoms. The third-order valence-corrected chi connectivity index (χ3v) is 5.46. The summed E-state index contributed by atoms with van der Waals surface area (Å²) >= 11 is 3.66. The molecule has 2 aromatic heterocycles. The molecule has 0 radical (unpaired) electrons. The van der Waals surface area contributed by atoms with Crippen LogP contribution in [0.25, 0.3) is 10.6 Å². The van der Waals surface area contributed by atoms with E-state index in [1.807, 2.05) is 11.3 Å². The minimum absolute atomic E-state index is 0.738. The first-order valence-corrected chi connectivity index (χ1v) is 8.79. The van der Waals surface area contributed by atoms with Gasteiger partial charge in [-0.2, -0.15) is 11.3 Å². The lowest BCUT2D eigenvalue weighted by atomic mass is 10.2. The van der Waals surface area contributed by atoms with Gasteiger partial charge in [-0.25, -0.2) is 4.98 Å². The maximum atomic E-state index is 4.94. The summed E-state index contributed by atoms with van der Waals surface area (Å²) in [4.78, 5) is 6.39. The Hall–Kier alpha value is -0.710. The van der Waals surface area contributed by atoms with Crippen molar-refractivity contribution in [2.24, 2.45) is 0 Å². The molecule has 2 aromatic rings. The fourth-order valence-corrected chi connectivity index (χ4v) is 4.35. The zero-order valence-corrected chi connectivity index (χ0v) is 13.2. The van der Waals surface area contributed by atoms with Crippen LogP contribution in [0.4, 0.5) is 0 Å². The number of thiophene rings is 1. The van der Waals surface area contributed by atoms with Crippen LogP contribution in [0.5, 0.6) is 0 Å². The molecule has 0 saturated heterocycles. The van der Waals surface area contributed by atoms with E-state index < -0.39 is 0 Å². The van der Waals surface area contributed by atoms with Gasteiger partial charge in [-0.15, -0.1) is 11.3 Å². The highest BCUT2D eigenvalue weighted by Crippen LogP contribution is 2.44. The van der Waals surface area contributed by atoms with Crippen molar-refractivity contribution in [1.82, 2.24) is 10.3 Å². The Balaban J connectivity index is 1.86. The van der Waals surface area contributed by atoms with Crippen LogP contribution in [0.2, 0.25) is 0 Å². The number of nitrogens with zero attached hydrogens (tertiary/aromatic N) is 1. The van der Waals surface area contributed by atoms with Gasteiger partial charge in [-0.05, 0) is 43.7 Å². The molecule has 1 fully saturated rings. The van der Waals surface area contributed by atoms with E-state index >= 15 is 0 Å². The third kappa shape index (κ3) is 2.91. The van der Waals surface area contributed by atoms with Crippen molar-refractivity contribution in [3.05, 3.63) is 26.9 Å². The van der Waals surface area contributed by atoms with Crippen LogP contribution in [0.3, 0.4) is 0 Å². The van der Waals surface area contributed by atoms with E-state index in [4.69, 9.17) is 4.98 Å². The zero-order chi connectivity index (χ0) is 13.2. The Kier molecular flexibility index (Phi) is 4.01. The second-order valence-corrected chi connectivity index (χ2v) is 7.07. The van der Waals surface area contributed by atoms with Crippen molar-refractivity contribution in [2.45, 2.75) is 45.6 Å². The minimum atomic E-state index is 0.738. The Labute approximate surface area is 122 Å². The number of nitrogens with one attached hydrogen (secondary N) is 1. The molecule has 1 aliphatic carbocycles. The molecule has 4 heteroatoms. The van der Waals surface area contributed by atoms with Crippen LogP contribution in [-0.4, -0.2) is 11.5 Å². The molecule has 1 aliphatic rings. The molecule has 1 N–H and O–H groups in total. The smallest absolute Gasteiger partial charge is 0.125 e. The van der Waals surface area contributed by atoms with E-state index in [0.717, 1.165) is 19.0 Å². The SMILES string of the molecule is CCCNCc1sc(-c2cscc2C)nc1C1CC1. The summed E-state index contributed by atoms with van der Waals surface area (Å²) in [5.41, 5.74) is 4.06. The summed E-state index contributed by atoms with van der Waals surface area (Å²) in [5, 5.41) is 9.18. The molecular weight excluding hydrogens is 272 g/mol. The quantitative estimate of drug-likeness (QED) is 0.790. The lowest BCUT2D eigenvalue weighted by Gasteiger charge is -2.01. The van der Waals surface area contributed by atoms with Gasteiger partial charge in [-0.1, -0.05) is 6.92 Å². The number of aromatic nitrogens is 1. The van der Waals surface area contributed by atoms with Gasteiger partial charge in [0, 0.05) is 28.3 Å². The van der Waals surface area contributed by atoms with Crippen LogP contribution < -0.4 is 5.32 Å². The number of aryl methyl sites for hydroxylation is 1. The average Bonchev–Trinajstić information content (AvgIpc) is 3.03. The highest BCUT2D eigenvalue weighted by molar-refractivity contribution is 7.15. The molecule has 0 amide bonds. The first-order valence-electron chi connectivity index (χ1n) is 7.03. The van der Waals surface area contributed by atoms with Gasteiger partial charge < -0.3 is 5.32 Å². The maximum absolute atomic E-state index is 4.94. The topological polar surface area (TPSA) is 24.9 Å². The second-order valence-electron chi connectivity index (χ2n) is 5.25. The van der Waals surface area contributed by atoms with Crippen LogP contribution >= 0.6 is 22.7 Å². The lowest BCUT2D eigenvalue weighted by Crippen LogP contribution is -2.13. The van der Waals surface area contributed by atoms with Gasteiger partial charge in [0.1, 0.15) is 5.01 Å². The summed E-state index contributed by atoms with van der Waals surface area (Å²) in [6, 6.07) is 0. The molecule has 19 heavy (non-hydrogen) atoms. The summed E-state index contributed by atoms with van der Waals surface area (Å²) in [5.74, 6) is 0.738. The van der Waals surface area contributed by atoms with Gasteiger partial charge in [-0.3, -0.25) is 0 Å². The lowest BCUT2D eigenvalue weighted by molar-refractivity contribution is 0.676. The first kappa shape index (κ1) is 13.3. The van der Waals surface area contributed by atoms with E-state index in [1.54, 1.807) is 11.3 Å². The monoisotopic (exact) mass is 292 g/mol. The van der Waals surface area contributed by atoms with Crippen LogP contribution in [0, 0.1) is 6.92 Å². The molecule has 0 atom stereocenters. The van der Waals surface area contributed by atoms with Crippen molar-refractivity contribution in [2.75, 3.05) is 6.54 Å².